The molecule has 1 saturated carbocycles. The van der Waals surface area contributed by atoms with Gasteiger partial charge in [-0.15, -0.1) is 0 Å². The number of nitrogens with zero attached hydrogens (tertiary/aromatic N) is 2. The number of carbonyl (C=O) groups is 1. The van der Waals surface area contributed by atoms with E-state index in [4.69, 9.17) is 16.7 Å². The third kappa shape index (κ3) is 4.27. The van der Waals surface area contributed by atoms with Crippen LogP contribution in [0, 0.1) is 5.92 Å². The highest BCUT2D eigenvalue weighted by Crippen LogP contribution is 2.41. The average Bonchev–Trinajstić information content (AvgIpc) is 3.08. The Kier molecular flexibility index (Phi) is 6.46. The van der Waals surface area contributed by atoms with Gasteiger partial charge >= 0.3 is 0 Å². The summed E-state index contributed by atoms with van der Waals surface area (Å²) in [5.74, 6) is -0.367. The second-order valence-electron chi connectivity index (χ2n) is 8.00. The molecule has 0 bridgehead atoms. The van der Waals surface area contributed by atoms with Crippen molar-refractivity contribution in [2.75, 3.05) is 5.01 Å². The van der Waals surface area contributed by atoms with E-state index >= 15 is 0 Å². The van der Waals surface area contributed by atoms with Gasteiger partial charge in [0.05, 0.1) is 28.9 Å². The topological polar surface area (TPSA) is 64.9 Å². The van der Waals surface area contributed by atoms with Gasteiger partial charge in [0.2, 0.25) is 0 Å². The van der Waals surface area contributed by atoms with Gasteiger partial charge < -0.3 is 10.4 Å². The first-order valence-corrected chi connectivity index (χ1v) is 11.5. The van der Waals surface area contributed by atoms with Crippen LogP contribution in [0.15, 0.2) is 58.1 Å². The van der Waals surface area contributed by atoms with Crippen molar-refractivity contribution in [3.8, 4) is 0 Å². The molecule has 1 heterocycles. The van der Waals surface area contributed by atoms with Crippen LogP contribution < -0.4 is 10.3 Å². The molecule has 4 rings (SSSR count). The van der Waals surface area contributed by atoms with Gasteiger partial charge in [-0.2, -0.15) is 5.10 Å². The number of nitrogens with one attached hydrogen (secondary N) is 1. The zero-order valence-electron chi connectivity index (χ0n) is 16.8. The number of hydrazone groups is 1. The van der Waals surface area contributed by atoms with Crippen molar-refractivity contribution >= 4 is 44.8 Å². The third-order valence-electron chi connectivity index (χ3n) is 5.97. The van der Waals surface area contributed by atoms with Gasteiger partial charge in [0.15, 0.2) is 0 Å². The Morgan fingerprint density at radius 2 is 1.87 bits per heavy atom. The molecule has 2 aliphatic rings. The Labute approximate surface area is 190 Å². The predicted molar refractivity (Wildman–Crippen MR) is 124 cm³/mol. The van der Waals surface area contributed by atoms with E-state index in [2.05, 4.69) is 21.2 Å². The number of carbonyl (C=O) groups excluding carboxylic acids is 1. The zero-order valence-corrected chi connectivity index (χ0v) is 19.1. The molecule has 2 aromatic carbocycles. The molecular weight excluding hydrogens is 466 g/mol. The highest BCUT2D eigenvalue weighted by Gasteiger charge is 2.40. The molecule has 0 unspecified atom stereocenters. The highest BCUT2D eigenvalue weighted by molar-refractivity contribution is 9.10. The normalized spacial score (nSPS) is 26.4. The minimum absolute atomic E-state index is 0.150. The molecule has 1 amide bonds. The van der Waals surface area contributed by atoms with E-state index in [-0.39, 0.29) is 23.9 Å². The summed E-state index contributed by atoms with van der Waals surface area (Å²) in [5, 5.41) is 20.4. The fraction of sp³-hybridized carbons (Fsp3) is 0.391. The first kappa shape index (κ1) is 21.3. The number of aliphatic hydroxyl groups is 1. The highest BCUT2D eigenvalue weighted by atomic mass is 79.9. The minimum Gasteiger partial charge on any atom is -0.391 e. The van der Waals surface area contributed by atoms with Crippen molar-refractivity contribution in [3.63, 3.8) is 0 Å². The monoisotopic (exact) mass is 489 g/mol. The molecule has 7 heteroatoms. The predicted octanol–water partition coefficient (Wildman–Crippen LogP) is 5.08. The number of amides is 1. The van der Waals surface area contributed by atoms with Gasteiger partial charge in [-0.25, -0.2) is 0 Å². The van der Waals surface area contributed by atoms with E-state index in [0.717, 1.165) is 41.4 Å². The average molecular weight is 491 g/mol. The Hall–Kier alpha value is -1.89. The summed E-state index contributed by atoms with van der Waals surface area (Å²) >= 11 is 9.97. The first-order valence-electron chi connectivity index (χ1n) is 10.3. The lowest BCUT2D eigenvalue weighted by Gasteiger charge is -2.29. The minimum atomic E-state index is -0.498. The van der Waals surface area contributed by atoms with E-state index in [9.17, 15) is 9.90 Å². The fourth-order valence-corrected chi connectivity index (χ4v) is 4.82. The van der Waals surface area contributed by atoms with Gasteiger partial charge in [0.25, 0.3) is 5.91 Å². The van der Waals surface area contributed by atoms with Crippen molar-refractivity contribution in [1.29, 1.82) is 0 Å². The summed E-state index contributed by atoms with van der Waals surface area (Å²) in [5.41, 5.74) is 2.27. The number of aliphatic hydroxyl groups excluding tert-OH is 1. The Morgan fingerprint density at radius 1 is 1.17 bits per heavy atom. The lowest BCUT2D eigenvalue weighted by Crippen LogP contribution is -2.48. The van der Waals surface area contributed by atoms with Crippen LogP contribution in [-0.4, -0.2) is 28.9 Å². The van der Waals surface area contributed by atoms with Crippen LogP contribution in [0.25, 0.3) is 0 Å². The molecule has 2 aromatic rings. The Balaban J connectivity index is 1.67. The molecule has 158 valence electrons. The van der Waals surface area contributed by atoms with E-state index < -0.39 is 6.10 Å². The van der Waals surface area contributed by atoms with Crippen LogP contribution in [0.2, 0.25) is 5.02 Å². The maximum atomic E-state index is 13.1. The Bertz CT molecular complexity index is 950. The molecule has 1 aliphatic heterocycles. The summed E-state index contributed by atoms with van der Waals surface area (Å²) in [4.78, 5) is 13.1. The van der Waals surface area contributed by atoms with Crippen molar-refractivity contribution in [2.45, 2.75) is 50.8 Å². The molecule has 5 nitrogen and oxygen atoms in total. The quantitative estimate of drug-likeness (QED) is 0.628. The SMILES string of the molecule is C[C@@H]1C(C(=O)N[C@H]2CCCC[C@@H]2O)=NN(c2ccccc2Cl)[C@@H]1c1ccc(Br)cc1. The fourth-order valence-electron chi connectivity index (χ4n) is 4.34. The van der Waals surface area contributed by atoms with E-state index in [0.29, 0.717) is 10.7 Å². The summed E-state index contributed by atoms with van der Waals surface area (Å²) in [6.07, 6.45) is 3.02. The number of para-hydroxylation sites is 1. The van der Waals surface area contributed by atoms with E-state index in [1.54, 1.807) is 0 Å². The summed E-state index contributed by atoms with van der Waals surface area (Å²) in [6.45, 7) is 2.01. The van der Waals surface area contributed by atoms with Crippen LogP contribution in [-0.2, 0) is 4.79 Å². The van der Waals surface area contributed by atoms with Crippen LogP contribution in [0.3, 0.4) is 0 Å². The first-order chi connectivity index (χ1) is 14.5. The number of hydrogen-bond donors (Lipinski definition) is 2. The molecule has 0 radical (unpaired) electrons. The molecule has 0 saturated heterocycles. The largest absolute Gasteiger partial charge is 0.391 e. The van der Waals surface area contributed by atoms with Crippen molar-refractivity contribution in [3.05, 3.63) is 63.6 Å². The van der Waals surface area contributed by atoms with Crippen LogP contribution in [0.4, 0.5) is 5.69 Å². The lowest BCUT2D eigenvalue weighted by atomic mass is 9.89. The summed E-state index contributed by atoms with van der Waals surface area (Å²) in [6, 6.07) is 15.2. The maximum Gasteiger partial charge on any atom is 0.268 e. The molecule has 4 atom stereocenters. The van der Waals surface area contributed by atoms with Gasteiger partial charge in [-0.05, 0) is 42.7 Å². The molecule has 0 aromatic heterocycles. The summed E-state index contributed by atoms with van der Waals surface area (Å²) in [7, 11) is 0. The number of rotatable bonds is 4. The Morgan fingerprint density at radius 3 is 2.57 bits per heavy atom. The van der Waals surface area contributed by atoms with Gasteiger partial charge in [0, 0.05) is 10.4 Å². The molecular formula is C23H25BrClN3O2. The zero-order chi connectivity index (χ0) is 21.3. The molecule has 30 heavy (non-hydrogen) atoms. The second kappa shape index (κ2) is 9.08. The van der Waals surface area contributed by atoms with Crippen LogP contribution in [0.5, 0.6) is 0 Å². The smallest absolute Gasteiger partial charge is 0.268 e. The number of halogens is 2. The van der Waals surface area contributed by atoms with Gasteiger partial charge in [-0.3, -0.25) is 9.80 Å². The number of anilines is 1. The van der Waals surface area contributed by atoms with E-state index in [1.165, 1.54) is 0 Å². The van der Waals surface area contributed by atoms with Crippen molar-refractivity contribution < 1.29 is 9.90 Å². The molecule has 1 aliphatic carbocycles. The van der Waals surface area contributed by atoms with Gasteiger partial charge in [0.1, 0.15) is 5.71 Å². The van der Waals surface area contributed by atoms with Crippen LogP contribution >= 0.6 is 27.5 Å². The molecule has 2 N–H and O–H groups in total. The van der Waals surface area contributed by atoms with Crippen molar-refractivity contribution in [2.24, 2.45) is 11.0 Å². The van der Waals surface area contributed by atoms with E-state index in [1.807, 2.05) is 60.5 Å². The maximum absolute atomic E-state index is 13.1. The number of benzene rings is 2. The molecule has 1 fully saturated rings. The summed E-state index contributed by atoms with van der Waals surface area (Å²) < 4.78 is 0.992. The van der Waals surface area contributed by atoms with Crippen LogP contribution in [0.1, 0.15) is 44.2 Å². The van der Waals surface area contributed by atoms with Gasteiger partial charge in [-0.1, -0.05) is 71.6 Å². The standard InChI is InChI=1S/C23H25BrClN3O2/c1-14-21(23(30)26-18-7-3-5-9-20(18)29)27-28(19-8-4-2-6-17(19)25)22(14)15-10-12-16(24)13-11-15/h2,4,6,8,10-14,18,20,22,29H,3,5,7,9H2,1H3,(H,26,30)/t14-,18+,20+,22+/m1/s1. The van der Waals surface area contributed by atoms with Crippen molar-refractivity contribution in [1.82, 2.24) is 5.32 Å². The molecule has 0 spiro atoms. The lowest BCUT2D eigenvalue weighted by molar-refractivity contribution is -0.116. The number of hydrogen-bond acceptors (Lipinski definition) is 4. The second-order valence-corrected chi connectivity index (χ2v) is 9.32. The third-order valence-corrected chi connectivity index (χ3v) is 6.82.